The zero-order valence-corrected chi connectivity index (χ0v) is 25.5. The minimum absolute atomic E-state index is 1.16. The minimum Gasteiger partial charge on any atom is -0.309 e. The molecule has 11 aromatic rings. The molecule has 0 aliphatic carbocycles. The highest BCUT2D eigenvalue weighted by Gasteiger charge is 2.24. The number of benzene rings is 7. The minimum atomic E-state index is 1.16. The van der Waals surface area contributed by atoms with Crippen LogP contribution in [-0.4, -0.2) is 13.7 Å². The summed E-state index contributed by atoms with van der Waals surface area (Å²) in [5.74, 6) is 0. The lowest BCUT2D eigenvalue weighted by atomic mass is 10.1. The van der Waals surface area contributed by atoms with Crippen LogP contribution in [0.4, 0.5) is 0 Å². The maximum atomic E-state index is 2.51. The largest absolute Gasteiger partial charge is 0.309 e. The molecule has 0 unspecified atom stereocenters. The van der Waals surface area contributed by atoms with Gasteiger partial charge in [0.05, 0.1) is 33.1 Å². The summed E-state index contributed by atoms with van der Waals surface area (Å²) in [5.41, 5.74) is 10.9. The Hall–Kier alpha value is -5.84. The average Bonchev–Trinajstić information content (AvgIpc) is 3.74. The summed E-state index contributed by atoms with van der Waals surface area (Å²) in [7, 11) is 0. The van der Waals surface area contributed by atoms with Crippen LogP contribution in [0.5, 0.6) is 0 Å². The predicted molar refractivity (Wildman–Crippen MR) is 196 cm³/mol. The molecule has 0 amide bonds. The summed E-state index contributed by atoms with van der Waals surface area (Å²) in [6.45, 7) is 0. The van der Waals surface area contributed by atoms with Crippen molar-refractivity contribution >= 4 is 86.2 Å². The highest BCUT2D eigenvalue weighted by molar-refractivity contribution is 7.26. The van der Waals surface area contributed by atoms with Crippen LogP contribution in [0.2, 0.25) is 0 Å². The van der Waals surface area contributed by atoms with Crippen LogP contribution in [0.15, 0.2) is 152 Å². The number of hydrogen-bond donors (Lipinski definition) is 0. The summed E-state index contributed by atoms with van der Waals surface area (Å²) in [6.07, 6.45) is 0. The molecule has 46 heavy (non-hydrogen) atoms. The van der Waals surface area contributed by atoms with Gasteiger partial charge in [-0.25, -0.2) is 0 Å². The molecule has 0 aliphatic rings. The van der Waals surface area contributed by atoms with E-state index < -0.39 is 0 Å². The van der Waals surface area contributed by atoms with E-state index in [1.807, 2.05) is 11.3 Å². The van der Waals surface area contributed by atoms with E-state index >= 15 is 0 Å². The summed E-state index contributed by atoms with van der Waals surface area (Å²) in [6, 6.07) is 55.6. The van der Waals surface area contributed by atoms with Crippen molar-refractivity contribution in [1.82, 2.24) is 13.7 Å². The van der Waals surface area contributed by atoms with Crippen molar-refractivity contribution in [2.24, 2.45) is 0 Å². The third-order valence-electron chi connectivity index (χ3n) is 9.80. The molecule has 0 bridgehead atoms. The van der Waals surface area contributed by atoms with Crippen molar-refractivity contribution in [3.63, 3.8) is 0 Å². The predicted octanol–water partition coefficient (Wildman–Crippen LogP) is 11.6. The van der Waals surface area contributed by atoms with E-state index in [4.69, 9.17) is 0 Å². The van der Waals surface area contributed by atoms with Gasteiger partial charge >= 0.3 is 0 Å². The lowest BCUT2D eigenvalue weighted by Crippen LogP contribution is -1.98. The first-order valence-electron chi connectivity index (χ1n) is 15.7. The Morgan fingerprint density at radius 3 is 1.59 bits per heavy atom. The SMILES string of the molecule is c1ccc(-n2c3ccccc3c3cc(-n4c5cccc6sc7ccc8c(c7c65)c5c4cccc5n8-c4ccccc4)ccc32)cc1. The third kappa shape index (κ3) is 3.06. The second kappa shape index (κ2) is 8.87. The molecule has 4 heteroatoms. The molecule has 0 fully saturated rings. The summed E-state index contributed by atoms with van der Waals surface area (Å²) >= 11 is 1.90. The fourth-order valence-electron chi connectivity index (χ4n) is 8.01. The fourth-order valence-corrected chi connectivity index (χ4v) is 9.15. The van der Waals surface area contributed by atoms with Crippen LogP contribution in [0.1, 0.15) is 0 Å². The van der Waals surface area contributed by atoms with Crippen molar-refractivity contribution in [2.45, 2.75) is 0 Å². The third-order valence-corrected chi connectivity index (χ3v) is 10.9. The van der Waals surface area contributed by atoms with E-state index in [9.17, 15) is 0 Å². The van der Waals surface area contributed by atoms with Gasteiger partial charge in [-0.2, -0.15) is 0 Å². The number of para-hydroxylation sites is 3. The summed E-state index contributed by atoms with van der Waals surface area (Å²) in [4.78, 5) is 0. The highest BCUT2D eigenvalue weighted by Crippen LogP contribution is 2.48. The number of fused-ring (bicyclic) bond motifs is 3. The topological polar surface area (TPSA) is 14.8 Å². The molecule has 214 valence electrons. The number of nitrogens with zero attached hydrogens (tertiary/aromatic N) is 3. The van der Waals surface area contributed by atoms with Gasteiger partial charge in [0.15, 0.2) is 0 Å². The maximum Gasteiger partial charge on any atom is 0.0562 e. The second-order valence-electron chi connectivity index (χ2n) is 12.2. The zero-order chi connectivity index (χ0) is 29.9. The molecule has 11 rings (SSSR count). The monoisotopic (exact) mass is 603 g/mol. The average molecular weight is 604 g/mol. The molecule has 0 N–H and O–H groups in total. The second-order valence-corrected chi connectivity index (χ2v) is 13.2. The van der Waals surface area contributed by atoms with E-state index in [2.05, 4.69) is 165 Å². The lowest BCUT2D eigenvalue weighted by molar-refractivity contribution is 1.16. The van der Waals surface area contributed by atoms with Crippen molar-refractivity contribution in [3.05, 3.63) is 152 Å². The normalized spacial score (nSPS) is 12.3. The van der Waals surface area contributed by atoms with Gasteiger partial charge in [0.25, 0.3) is 0 Å². The van der Waals surface area contributed by atoms with Gasteiger partial charge in [-0.1, -0.05) is 66.7 Å². The van der Waals surface area contributed by atoms with Crippen molar-refractivity contribution in [3.8, 4) is 17.1 Å². The highest BCUT2D eigenvalue weighted by atomic mass is 32.1. The van der Waals surface area contributed by atoms with Crippen LogP contribution in [0.3, 0.4) is 0 Å². The Morgan fingerprint density at radius 2 is 0.826 bits per heavy atom. The van der Waals surface area contributed by atoms with Gasteiger partial charge in [-0.05, 0) is 84.9 Å². The van der Waals surface area contributed by atoms with Gasteiger partial charge in [-0.15, -0.1) is 11.3 Å². The van der Waals surface area contributed by atoms with Gasteiger partial charge in [0.1, 0.15) is 0 Å². The first kappa shape index (κ1) is 24.5. The Kier molecular flexibility index (Phi) is 4.72. The van der Waals surface area contributed by atoms with Crippen molar-refractivity contribution < 1.29 is 0 Å². The fraction of sp³-hybridized carbons (Fsp3) is 0. The van der Waals surface area contributed by atoms with Crippen molar-refractivity contribution in [1.29, 1.82) is 0 Å². The van der Waals surface area contributed by atoms with Gasteiger partial charge < -0.3 is 13.7 Å². The Morgan fingerprint density at radius 1 is 0.304 bits per heavy atom. The van der Waals surface area contributed by atoms with E-state index in [-0.39, 0.29) is 0 Å². The molecule has 0 aliphatic heterocycles. The van der Waals surface area contributed by atoms with Crippen LogP contribution < -0.4 is 0 Å². The van der Waals surface area contributed by atoms with Gasteiger partial charge in [0.2, 0.25) is 0 Å². The molecule has 0 saturated carbocycles. The first-order valence-corrected chi connectivity index (χ1v) is 16.5. The van der Waals surface area contributed by atoms with E-state index in [1.54, 1.807) is 0 Å². The molecule has 4 heterocycles. The lowest BCUT2D eigenvalue weighted by Gasteiger charge is -2.14. The number of thiophene rings is 1. The molecule has 0 saturated heterocycles. The Labute approximate surface area is 267 Å². The molecule has 4 aromatic heterocycles. The van der Waals surface area contributed by atoms with E-state index in [0.717, 1.165) is 5.69 Å². The Bertz CT molecular complexity index is 2950. The summed E-state index contributed by atoms with van der Waals surface area (Å²) in [5, 5.41) is 7.85. The van der Waals surface area contributed by atoms with Crippen molar-refractivity contribution in [2.75, 3.05) is 0 Å². The zero-order valence-electron chi connectivity index (χ0n) is 24.7. The molecular weight excluding hydrogens is 579 g/mol. The summed E-state index contributed by atoms with van der Waals surface area (Å²) < 4.78 is 10.00. The number of hydrogen-bond acceptors (Lipinski definition) is 1. The molecule has 0 atom stereocenters. The van der Waals surface area contributed by atoms with Gasteiger partial charge in [0, 0.05) is 58.8 Å². The first-order chi connectivity index (χ1) is 22.8. The number of rotatable bonds is 3. The molecule has 0 radical (unpaired) electrons. The molecular formula is C42H25N3S. The smallest absolute Gasteiger partial charge is 0.0562 e. The molecule has 7 aromatic carbocycles. The van der Waals surface area contributed by atoms with Crippen LogP contribution in [0.25, 0.3) is 91.9 Å². The molecule has 3 nitrogen and oxygen atoms in total. The van der Waals surface area contributed by atoms with Crippen LogP contribution in [-0.2, 0) is 0 Å². The number of aromatic nitrogens is 3. The quantitative estimate of drug-likeness (QED) is 0.191. The standard InChI is InChI=1S/C42H25N3S/c1-3-11-26(12-4-1)43-31-16-8-7-15-29(31)30-25-28(21-22-32(30)43)45-34-18-9-17-33-39(34)41-36(44(33)27-13-5-2-6-14-27)23-24-38-42(41)40-35(45)19-10-20-37(40)46-38/h1-25H. The molecule has 0 spiro atoms. The maximum absolute atomic E-state index is 2.51. The van der Waals surface area contributed by atoms with Gasteiger partial charge in [-0.3, -0.25) is 0 Å². The van der Waals surface area contributed by atoms with E-state index in [1.165, 1.54) is 86.2 Å². The Balaban J connectivity index is 1.34. The van der Waals surface area contributed by atoms with Crippen LogP contribution in [0, 0.1) is 0 Å². The van der Waals surface area contributed by atoms with Crippen LogP contribution >= 0.6 is 11.3 Å². The van der Waals surface area contributed by atoms with E-state index in [0.29, 0.717) is 0 Å².